The lowest BCUT2D eigenvalue weighted by Crippen LogP contribution is -2.14. The molecule has 0 amide bonds. The number of allylic oxidation sites excluding steroid dienone is 2. The van der Waals surface area contributed by atoms with E-state index in [0.717, 1.165) is 44.1 Å². The van der Waals surface area contributed by atoms with Gasteiger partial charge in [0.05, 0.1) is 5.76 Å². The van der Waals surface area contributed by atoms with Crippen molar-refractivity contribution in [1.29, 1.82) is 0 Å². The van der Waals surface area contributed by atoms with Crippen molar-refractivity contribution >= 4 is 5.97 Å². The molecule has 1 aliphatic carbocycles. The number of aliphatic carboxylic acids is 1. The van der Waals surface area contributed by atoms with Crippen molar-refractivity contribution in [3.63, 3.8) is 0 Å². The molecule has 0 aromatic rings. The molecule has 3 heteroatoms. The van der Waals surface area contributed by atoms with E-state index in [2.05, 4.69) is 13.5 Å². The highest BCUT2D eigenvalue weighted by molar-refractivity contribution is 5.86. The zero-order valence-electron chi connectivity index (χ0n) is 11.4. The van der Waals surface area contributed by atoms with Gasteiger partial charge in [0, 0.05) is 12.0 Å². The molecule has 0 spiro atoms. The molecule has 2 N–H and O–H groups in total. The maximum atomic E-state index is 11.0. The number of hydrogen-bond acceptors (Lipinski definition) is 2. The van der Waals surface area contributed by atoms with Gasteiger partial charge in [0.2, 0.25) is 0 Å². The van der Waals surface area contributed by atoms with Gasteiger partial charge in [-0.05, 0) is 50.0 Å². The number of aliphatic hydroxyl groups excluding tert-OH is 1. The van der Waals surface area contributed by atoms with E-state index in [1.54, 1.807) is 0 Å². The summed E-state index contributed by atoms with van der Waals surface area (Å²) in [6.45, 7) is 7.79. The fourth-order valence-electron chi connectivity index (χ4n) is 2.43. The van der Waals surface area contributed by atoms with Crippen molar-refractivity contribution < 1.29 is 15.0 Å². The van der Waals surface area contributed by atoms with E-state index < -0.39 is 5.97 Å². The van der Waals surface area contributed by atoms with Gasteiger partial charge in [-0.1, -0.05) is 19.9 Å². The summed E-state index contributed by atoms with van der Waals surface area (Å²) < 4.78 is 0. The van der Waals surface area contributed by atoms with E-state index in [0.29, 0.717) is 17.3 Å². The molecule has 18 heavy (non-hydrogen) atoms. The second-order valence-electron chi connectivity index (χ2n) is 5.51. The average molecular weight is 252 g/mol. The van der Waals surface area contributed by atoms with Crippen LogP contribution in [0.25, 0.3) is 0 Å². The van der Waals surface area contributed by atoms with Gasteiger partial charge in [0.15, 0.2) is 0 Å². The molecule has 3 nitrogen and oxygen atoms in total. The first-order valence-electron chi connectivity index (χ1n) is 6.71. The van der Waals surface area contributed by atoms with Crippen molar-refractivity contribution in [1.82, 2.24) is 0 Å². The molecule has 0 heterocycles. The third kappa shape index (κ3) is 4.21. The van der Waals surface area contributed by atoms with Crippen LogP contribution in [0.4, 0.5) is 0 Å². The second-order valence-corrected chi connectivity index (χ2v) is 5.51. The summed E-state index contributed by atoms with van der Waals surface area (Å²) in [6, 6.07) is 0. The molecule has 0 saturated carbocycles. The van der Waals surface area contributed by atoms with Crippen LogP contribution in [-0.4, -0.2) is 16.2 Å². The van der Waals surface area contributed by atoms with Crippen molar-refractivity contribution in [3.05, 3.63) is 23.5 Å². The molecule has 0 aliphatic heterocycles. The Bertz CT molecular complexity index is 355. The number of carboxylic acids is 1. The van der Waals surface area contributed by atoms with E-state index in [9.17, 15) is 9.90 Å². The van der Waals surface area contributed by atoms with Crippen LogP contribution in [0.3, 0.4) is 0 Å². The van der Waals surface area contributed by atoms with Gasteiger partial charge in [-0.15, -0.1) is 0 Å². The van der Waals surface area contributed by atoms with Crippen molar-refractivity contribution in [3.8, 4) is 0 Å². The summed E-state index contributed by atoms with van der Waals surface area (Å²) in [7, 11) is 0. The highest BCUT2D eigenvalue weighted by Gasteiger charge is 2.21. The molecule has 1 rings (SSSR count). The maximum absolute atomic E-state index is 11.0. The van der Waals surface area contributed by atoms with Crippen LogP contribution in [0.5, 0.6) is 0 Å². The molecule has 102 valence electrons. The Kier molecular flexibility index (Phi) is 5.45. The minimum Gasteiger partial charge on any atom is -0.512 e. The number of carboxylic acid groups (broad SMARTS) is 1. The van der Waals surface area contributed by atoms with Gasteiger partial charge in [0.25, 0.3) is 0 Å². The van der Waals surface area contributed by atoms with Crippen LogP contribution in [0.2, 0.25) is 0 Å². The van der Waals surface area contributed by atoms with Crippen LogP contribution in [-0.2, 0) is 4.79 Å². The third-order valence-corrected chi connectivity index (χ3v) is 4.01. The predicted molar refractivity (Wildman–Crippen MR) is 72.5 cm³/mol. The number of rotatable bonds is 2. The lowest BCUT2D eigenvalue weighted by Gasteiger charge is -2.22. The summed E-state index contributed by atoms with van der Waals surface area (Å²) in [5.74, 6) is 0.145. The molecular formula is C15H24O3. The minimum atomic E-state index is -0.893. The first kappa shape index (κ1) is 14.8. The van der Waals surface area contributed by atoms with Crippen LogP contribution in [0.15, 0.2) is 23.5 Å². The smallest absolute Gasteiger partial charge is 0.331 e. The van der Waals surface area contributed by atoms with E-state index in [-0.39, 0.29) is 5.92 Å². The van der Waals surface area contributed by atoms with Gasteiger partial charge in [-0.2, -0.15) is 0 Å². The maximum Gasteiger partial charge on any atom is 0.331 e. The Morgan fingerprint density at radius 3 is 2.50 bits per heavy atom. The Labute approximate surface area is 109 Å². The van der Waals surface area contributed by atoms with Gasteiger partial charge in [-0.3, -0.25) is 0 Å². The molecule has 0 fully saturated rings. The Balaban J connectivity index is 2.79. The minimum absolute atomic E-state index is 0.0331. The first-order valence-corrected chi connectivity index (χ1v) is 6.71. The molecular weight excluding hydrogens is 228 g/mol. The fourth-order valence-corrected chi connectivity index (χ4v) is 2.43. The third-order valence-electron chi connectivity index (χ3n) is 4.01. The SMILES string of the molecule is C=C(C(=O)O)[C@@H]1CC/C(C)=C(/O)CC[C@H](C)CC1. The lowest BCUT2D eigenvalue weighted by molar-refractivity contribution is -0.133. The predicted octanol–water partition coefficient (Wildman–Crippen LogP) is 4.07. The molecule has 0 radical (unpaired) electrons. The van der Waals surface area contributed by atoms with Gasteiger partial charge < -0.3 is 10.2 Å². The highest BCUT2D eigenvalue weighted by atomic mass is 16.4. The number of carbonyl (C=O) groups is 1. The van der Waals surface area contributed by atoms with Crippen molar-refractivity contribution in [2.75, 3.05) is 0 Å². The van der Waals surface area contributed by atoms with Crippen molar-refractivity contribution in [2.45, 2.75) is 52.4 Å². The fraction of sp³-hybridized carbons (Fsp3) is 0.667. The monoisotopic (exact) mass is 252 g/mol. The van der Waals surface area contributed by atoms with Crippen LogP contribution >= 0.6 is 0 Å². The van der Waals surface area contributed by atoms with Crippen LogP contribution in [0, 0.1) is 11.8 Å². The standard InChI is InChI=1S/C15H24O3/c1-10-4-7-13(12(3)15(17)18)8-6-11(2)14(16)9-5-10/h10,13,16H,3-9H2,1-2H3,(H,17,18)/b14-11+/t10-,13+/m1/s1. The van der Waals surface area contributed by atoms with E-state index >= 15 is 0 Å². The van der Waals surface area contributed by atoms with E-state index in [1.807, 2.05) is 6.92 Å². The molecule has 0 saturated heterocycles. The topological polar surface area (TPSA) is 57.5 Å². The van der Waals surface area contributed by atoms with Gasteiger partial charge in [0.1, 0.15) is 0 Å². The second kappa shape index (κ2) is 6.62. The number of aliphatic hydroxyl groups is 1. The molecule has 1 aliphatic rings. The molecule has 2 atom stereocenters. The summed E-state index contributed by atoms with van der Waals surface area (Å²) in [5.41, 5.74) is 1.31. The van der Waals surface area contributed by atoms with Gasteiger partial charge >= 0.3 is 5.97 Å². The summed E-state index contributed by atoms with van der Waals surface area (Å²) in [5, 5.41) is 18.9. The number of hydrogen-bond donors (Lipinski definition) is 2. The Hall–Kier alpha value is -1.25. The summed E-state index contributed by atoms with van der Waals surface area (Å²) in [4.78, 5) is 11.0. The quantitative estimate of drug-likeness (QED) is 0.728. The van der Waals surface area contributed by atoms with E-state index in [1.165, 1.54) is 0 Å². The molecule has 0 aromatic heterocycles. The largest absolute Gasteiger partial charge is 0.512 e. The molecule has 0 unspecified atom stereocenters. The Morgan fingerprint density at radius 1 is 1.22 bits per heavy atom. The lowest BCUT2D eigenvalue weighted by atomic mass is 9.84. The Morgan fingerprint density at radius 2 is 1.89 bits per heavy atom. The highest BCUT2D eigenvalue weighted by Crippen LogP contribution is 2.30. The zero-order valence-corrected chi connectivity index (χ0v) is 11.4. The van der Waals surface area contributed by atoms with E-state index in [4.69, 9.17) is 5.11 Å². The average Bonchev–Trinajstić information content (AvgIpc) is 2.33. The summed E-state index contributed by atoms with van der Waals surface area (Å²) >= 11 is 0. The van der Waals surface area contributed by atoms with Crippen LogP contribution < -0.4 is 0 Å². The molecule has 0 bridgehead atoms. The zero-order chi connectivity index (χ0) is 13.7. The van der Waals surface area contributed by atoms with Crippen molar-refractivity contribution in [2.24, 2.45) is 11.8 Å². The normalized spacial score (nSPS) is 30.8. The summed E-state index contributed by atoms with van der Waals surface area (Å²) in [6.07, 6.45) is 5.14. The van der Waals surface area contributed by atoms with Crippen LogP contribution in [0.1, 0.15) is 52.4 Å². The van der Waals surface area contributed by atoms with Gasteiger partial charge in [-0.25, -0.2) is 4.79 Å². The molecule has 0 aromatic carbocycles. The first-order chi connectivity index (χ1) is 8.41.